The molecule has 4 rings (SSSR count). The third kappa shape index (κ3) is 4.78. The number of carbonyl (C=O) groups is 2. The molecular formula is C26H22N2O2S. The minimum atomic E-state index is -0.154. The maximum absolute atomic E-state index is 13.2. The monoisotopic (exact) mass is 426 g/mol. The molecule has 4 aromatic rings. The molecule has 0 fully saturated rings. The number of nitrogens with zero attached hydrogens (tertiary/aromatic N) is 1. The van der Waals surface area contributed by atoms with Crippen molar-refractivity contribution in [2.24, 2.45) is 0 Å². The summed E-state index contributed by atoms with van der Waals surface area (Å²) in [5, 5.41) is 3.31. The first-order chi connectivity index (χ1) is 15.0. The molecule has 0 bridgehead atoms. The summed E-state index contributed by atoms with van der Waals surface area (Å²) in [5.41, 5.74) is 5.24. The van der Waals surface area contributed by atoms with Gasteiger partial charge in [-0.1, -0.05) is 95.8 Å². The van der Waals surface area contributed by atoms with Gasteiger partial charge in [0, 0.05) is 11.1 Å². The van der Waals surface area contributed by atoms with Crippen LogP contribution in [0.25, 0.3) is 11.3 Å². The summed E-state index contributed by atoms with van der Waals surface area (Å²) in [5.74, 6) is -0.258. The molecule has 0 aliphatic carbocycles. The fourth-order valence-electron chi connectivity index (χ4n) is 3.42. The highest BCUT2D eigenvalue weighted by molar-refractivity contribution is 7.18. The molecule has 1 N–H and O–H groups in total. The smallest absolute Gasteiger partial charge is 0.230 e. The second-order valence-electron chi connectivity index (χ2n) is 7.41. The van der Waals surface area contributed by atoms with Crippen molar-refractivity contribution < 1.29 is 9.59 Å². The lowest BCUT2D eigenvalue weighted by atomic mass is 10.0. The van der Waals surface area contributed by atoms with E-state index >= 15 is 0 Å². The Kier molecular flexibility index (Phi) is 6.05. The summed E-state index contributed by atoms with van der Waals surface area (Å²) >= 11 is 1.21. The normalized spacial score (nSPS) is 10.6. The second kappa shape index (κ2) is 9.06. The molecule has 0 saturated carbocycles. The zero-order valence-corrected chi connectivity index (χ0v) is 18.2. The third-order valence-corrected chi connectivity index (χ3v) is 5.98. The molecule has 1 heterocycles. The predicted octanol–water partition coefficient (Wildman–Crippen LogP) is 5.84. The van der Waals surface area contributed by atoms with Crippen molar-refractivity contribution in [3.05, 3.63) is 106 Å². The van der Waals surface area contributed by atoms with Crippen LogP contribution in [-0.4, -0.2) is 16.7 Å². The summed E-state index contributed by atoms with van der Waals surface area (Å²) in [7, 11) is 0. The molecule has 4 nitrogen and oxygen atoms in total. The minimum Gasteiger partial charge on any atom is -0.302 e. The number of rotatable bonds is 6. The van der Waals surface area contributed by atoms with E-state index in [0.717, 1.165) is 22.3 Å². The van der Waals surface area contributed by atoms with Gasteiger partial charge in [-0.2, -0.15) is 0 Å². The molecule has 3 aromatic carbocycles. The van der Waals surface area contributed by atoms with E-state index in [4.69, 9.17) is 0 Å². The number of hydrogen-bond acceptors (Lipinski definition) is 4. The van der Waals surface area contributed by atoms with Crippen molar-refractivity contribution in [3.8, 4) is 11.3 Å². The Balaban J connectivity index is 1.63. The van der Waals surface area contributed by atoms with E-state index in [0.29, 0.717) is 21.3 Å². The number of nitrogens with one attached hydrogen (secondary N) is 1. The molecule has 0 radical (unpaired) electrons. The van der Waals surface area contributed by atoms with Crippen LogP contribution in [0.3, 0.4) is 0 Å². The van der Waals surface area contributed by atoms with Crippen molar-refractivity contribution in [3.63, 3.8) is 0 Å². The summed E-state index contributed by atoms with van der Waals surface area (Å²) in [6.07, 6.45) is 0.258. The van der Waals surface area contributed by atoms with Gasteiger partial charge >= 0.3 is 0 Å². The molecule has 0 aliphatic heterocycles. The Hall–Kier alpha value is -3.57. The fraction of sp³-hybridized carbons (Fsp3) is 0.115. The van der Waals surface area contributed by atoms with E-state index in [9.17, 15) is 9.59 Å². The molecule has 1 amide bonds. The average Bonchev–Trinajstić information content (AvgIpc) is 3.20. The molecule has 31 heavy (non-hydrogen) atoms. The van der Waals surface area contributed by atoms with Gasteiger partial charge in [-0.15, -0.1) is 0 Å². The summed E-state index contributed by atoms with van der Waals surface area (Å²) in [6.45, 7) is 4.03. The number of ketones is 1. The fourth-order valence-corrected chi connectivity index (χ4v) is 4.39. The highest BCUT2D eigenvalue weighted by atomic mass is 32.1. The lowest BCUT2D eigenvalue weighted by molar-refractivity contribution is -0.115. The number of amides is 1. The highest BCUT2D eigenvalue weighted by Crippen LogP contribution is 2.33. The zero-order chi connectivity index (χ0) is 21.8. The lowest BCUT2D eigenvalue weighted by Crippen LogP contribution is -2.14. The van der Waals surface area contributed by atoms with Gasteiger partial charge < -0.3 is 5.32 Å². The van der Waals surface area contributed by atoms with Crippen molar-refractivity contribution >= 4 is 28.2 Å². The average molecular weight is 427 g/mol. The third-order valence-electron chi connectivity index (χ3n) is 5.01. The largest absolute Gasteiger partial charge is 0.302 e. The van der Waals surface area contributed by atoms with Crippen LogP contribution in [0.5, 0.6) is 0 Å². The molecule has 1 aromatic heterocycles. The summed E-state index contributed by atoms with van der Waals surface area (Å²) < 4.78 is 0. The molecule has 0 unspecified atom stereocenters. The Morgan fingerprint density at radius 1 is 0.903 bits per heavy atom. The SMILES string of the molecule is Cc1ccc(CC(=O)Nc2nc(-c3ccccc3)c(C(=O)c3ccccc3)s2)c(C)c1. The van der Waals surface area contributed by atoms with Gasteiger partial charge in [0.05, 0.1) is 12.1 Å². The van der Waals surface area contributed by atoms with E-state index < -0.39 is 0 Å². The van der Waals surface area contributed by atoms with Crippen molar-refractivity contribution in [1.82, 2.24) is 4.98 Å². The maximum Gasteiger partial charge on any atom is 0.230 e. The molecule has 0 saturated heterocycles. The van der Waals surface area contributed by atoms with Gasteiger partial charge in [-0.05, 0) is 25.0 Å². The topological polar surface area (TPSA) is 59.1 Å². The van der Waals surface area contributed by atoms with Crippen molar-refractivity contribution in [2.75, 3.05) is 5.32 Å². The first-order valence-electron chi connectivity index (χ1n) is 10.0. The van der Waals surface area contributed by atoms with Gasteiger partial charge in [0.25, 0.3) is 0 Å². The number of carbonyl (C=O) groups excluding carboxylic acids is 2. The minimum absolute atomic E-state index is 0.105. The Labute approximate surface area is 185 Å². The number of benzene rings is 3. The Morgan fingerprint density at radius 2 is 1.58 bits per heavy atom. The quantitative estimate of drug-likeness (QED) is 0.394. The number of anilines is 1. The van der Waals surface area contributed by atoms with Gasteiger partial charge in [-0.25, -0.2) is 4.98 Å². The van der Waals surface area contributed by atoms with Gasteiger partial charge in [0.1, 0.15) is 4.88 Å². The summed E-state index contributed by atoms with van der Waals surface area (Å²) in [6, 6.07) is 24.7. The van der Waals surface area contributed by atoms with Gasteiger partial charge in [0.2, 0.25) is 11.7 Å². The lowest BCUT2D eigenvalue weighted by Gasteiger charge is -2.06. The molecular weight excluding hydrogens is 404 g/mol. The van der Waals surface area contributed by atoms with Gasteiger partial charge in [-0.3, -0.25) is 9.59 Å². The van der Waals surface area contributed by atoms with Crippen molar-refractivity contribution in [1.29, 1.82) is 0 Å². The Morgan fingerprint density at radius 3 is 2.26 bits per heavy atom. The van der Waals surface area contributed by atoms with E-state index in [1.165, 1.54) is 11.3 Å². The zero-order valence-electron chi connectivity index (χ0n) is 17.4. The molecule has 0 atom stereocenters. The number of aryl methyl sites for hydroxylation is 2. The van der Waals surface area contributed by atoms with E-state index in [-0.39, 0.29) is 18.1 Å². The van der Waals surface area contributed by atoms with E-state index in [2.05, 4.69) is 16.4 Å². The highest BCUT2D eigenvalue weighted by Gasteiger charge is 2.21. The molecule has 0 spiro atoms. The van der Waals surface area contributed by atoms with Crippen LogP contribution < -0.4 is 5.32 Å². The molecule has 5 heteroatoms. The maximum atomic E-state index is 13.2. The first kappa shape index (κ1) is 20.7. The van der Waals surface area contributed by atoms with Crippen LogP contribution in [0.4, 0.5) is 5.13 Å². The van der Waals surface area contributed by atoms with E-state index in [1.54, 1.807) is 12.1 Å². The van der Waals surface area contributed by atoms with Crippen LogP contribution in [-0.2, 0) is 11.2 Å². The van der Waals surface area contributed by atoms with Gasteiger partial charge in [0.15, 0.2) is 5.13 Å². The van der Waals surface area contributed by atoms with Crippen LogP contribution in [0.1, 0.15) is 31.9 Å². The van der Waals surface area contributed by atoms with E-state index in [1.807, 2.05) is 74.5 Å². The van der Waals surface area contributed by atoms with Crippen LogP contribution >= 0.6 is 11.3 Å². The van der Waals surface area contributed by atoms with Crippen LogP contribution in [0.2, 0.25) is 0 Å². The second-order valence-corrected chi connectivity index (χ2v) is 8.41. The van der Waals surface area contributed by atoms with Crippen LogP contribution in [0, 0.1) is 13.8 Å². The number of thiazole rings is 1. The standard InChI is InChI=1S/C26H22N2O2S/c1-17-13-14-21(18(2)15-17)16-22(29)27-26-28-23(19-9-5-3-6-10-19)25(31-26)24(30)20-11-7-4-8-12-20/h3-15H,16H2,1-2H3,(H,27,28,29). The predicted molar refractivity (Wildman–Crippen MR) is 126 cm³/mol. The Bertz CT molecular complexity index is 1230. The van der Waals surface area contributed by atoms with Crippen LogP contribution in [0.15, 0.2) is 78.9 Å². The number of aromatic nitrogens is 1. The molecule has 154 valence electrons. The molecule has 0 aliphatic rings. The first-order valence-corrected chi connectivity index (χ1v) is 10.8. The summed E-state index contributed by atoms with van der Waals surface area (Å²) in [4.78, 5) is 31.0. The van der Waals surface area contributed by atoms with Crippen molar-refractivity contribution in [2.45, 2.75) is 20.3 Å². The number of hydrogen-bond donors (Lipinski definition) is 1.